The number of alkyl halides is 2. The smallest absolute Gasteiger partial charge is 0.410 e. The molecule has 9 nitrogen and oxygen atoms in total. The summed E-state index contributed by atoms with van der Waals surface area (Å²) in [5.74, 6) is -3.57. The van der Waals surface area contributed by atoms with Crippen LogP contribution in [0.25, 0.3) is 0 Å². The Morgan fingerprint density at radius 3 is 2.49 bits per heavy atom. The molecule has 2 heterocycles. The third kappa shape index (κ3) is 6.37. The molecule has 0 spiro atoms. The van der Waals surface area contributed by atoms with Crippen molar-refractivity contribution in [2.45, 2.75) is 78.4 Å². The van der Waals surface area contributed by atoms with Crippen molar-refractivity contribution >= 4 is 23.4 Å². The van der Waals surface area contributed by atoms with Crippen LogP contribution < -0.4 is 11.1 Å². The number of allylic oxidation sites excluding steroid dienone is 1. The topological polar surface area (TPSA) is 126 Å². The molecule has 1 aliphatic carbocycles. The second kappa shape index (κ2) is 9.58. The van der Waals surface area contributed by atoms with Gasteiger partial charge in [0, 0.05) is 48.9 Å². The summed E-state index contributed by atoms with van der Waals surface area (Å²) in [5, 5.41) is 15.0. The van der Waals surface area contributed by atoms with Gasteiger partial charge in [-0.1, -0.05) is 13.8 Å². The van der Waals surface area contributed by atoms with Gasteiger partial charge >= 0.3 is 6.09 Å². The molecule has 11 heteroatoms. The maximum Gasteiger partial charge on any atom is 0.410 e. The number of nitrogens with two attached hydrogens (primary N) is 1. The normalized spacial score (nSPS) is 20.5. The van der Waals surface area contributed by atoms with Crippen LogP contribution in [0.4, 0.5) is 19.3 Å². The zero-order valence-electron chi connectivity index (χ0n) is 21.1. The Kier molecular flexibility index (Phi) is 7.29. The average Bonchev–Trinajstić information content (AvgIpc) is 3.16. The molecule has 194 valence electrons. The second-order valence-corrected chi connectivity index (χ2v) is 11.1. The maximum atomic E-state index is 14.5. The first-order chi connectivity index (χ1) is 16.1. The molecule has 0 atom stereocenters. The number of rotatable bonds is 5. The first-order valence-electron chi connectivity index (χ1n) is 11.8. The van der Waals surface area contributed by atoms with E-state index in [2.05, 4.69) is 10.4 Å². The Labute approximate surface area is 204 Å². The van der Waals surface area contributed by atoms with Crippen molar-refractivity contribution in [3.63, 3.8) is 0 Å². The lowest BCUT2D eigenvalue weighted by Gasteiger charge is -2.39. The van der Waals surface area contributed by atoms with E-state index < -0.39 is 35.0 Å². The number of nitrogens with one attached hydrogen (secondary N) is 2. The first-order valence-corrected chi connectivity index (χ1v) is 11.8. The molecule has 2 amide bonds. The van der Waals surface area contributed by atoms with Crippen LogP contribution in [0.3, 0.4) is 0 Å². The number of anilines is 1. The van der Waals surface area contributed by atoms with Crippen LogP contribution in [0.5, 0.6) is 0 Å². The van der Waals surface area contributed by atoms with Gasteiger partial charge in [-0.3, -0.25) is 14.9 Å². The quantitative estimate of drug-likeness (QED) is 0.530. The van der Waals surface area contributed by atoms with Gasteiger partial charge in [0.1, 0.15) is 11.3 Å². The van der Waals surface area contributed by atoms with Crippen molar-refractivity contribution in [2.24, 2.45) is 17.1 Å². The van der Waals surface area contributed by atoms with Gasteiger partial charge in [-0.25, -0.2) is 13.6 Å². The van der Waals surface area contributed by atoms with Crippen LogP contribution in [-0.4, -0.2) is 57.0 Å². The average molecular weight is 495 g/mol. The van der Waals surface area contributed by atoms with E-state index in [0.717, 1.165) is 12.8 Å². The van der Waals surface area contributed by atoms with Gasteiger partial charge in [-0.15, -0.1) is 0 Å². The SMILES string of the molecule is CC(C)(C)OC(=O)N1CCC(Cn2cc(NC(=O)C(=N)C3=C(N)CC(C)(C)C(F)(F)C3)cn2)CC1. The molecule has 35 heavy (non-hydrogen) atoms. The summed E-state index contributed by atoms with van der Waals surface area (Å²) in [4.78, 5) is 26.5. The van der Waals surface area contributed by atoms with E-state index in [-0.39, 0.29) is 23.8 Å². The summed E-state index contributed by atoms with van der Waals surface area (Å²) in [6.45, 7) is 10.2. The summed E-state index contributed by atoms with van der Waals surface area (Å²) >= 11 is 0. The number of halogens is 2. The van der Waals surface area contributed by atoms with Gasteiger partial charge in [-0.2, -0.15) is 5.10 Å². The number of nitrogens with zero attached hydrogens (tertiary/aromatic N) is 3. The lowest BCUT2D eigenvalue weighted by atomic mass is 9.72. The highest BCUT2D eigenvalue weighted by Gasteiger charge is 2.51. The largest absolute Gasteiger partial charge is 0.444 e. The van der Waals surface area contributed by atoms with Crippen molar-refractivity contribution in [3.05, 3.63) is 23.7 Å². The lowest BCUT2D eigenvalue weighted by molar-refractivity contribution is -0.112. The third-order valence-corrected chi connectivity index (χ3v) is 6.54. The predicted molar refractivity (Wildman–Crippen MR) is 128 cm³/mol. The molecule has 4 N–H and O–H groups in total. The summed E-state index contributed by atoms with van der Waals surface area (Å²) in [7, 11) is 0. The molecule has 2 aliphatic rings. The number of hydrogen-bond donors (Lipinski definition) is 3. The van der Waals surface area contributed by atoms with Crippen LogP contribution in [0, 0.1) is 16.7 Å². The molecule has 0 radical (unpaired) electrons. The lowest BCUT2D eigenvalue weighted by Crippen LogP contribution is -2.44. The van der Waals surface area contributed by atoms with Crippen molar-refractivity contribution in [1.29, 1.82) is 5.41 Å². The summed E-state index contributed by atoms with van der Waals surface area (Å²) in [5.41, 5.74) is 3.93. The van der Waals surface area contributed by atoms with E-state index in [1.54, 1.807) is 15.8 Å². The van der Waals surface area contributed by atoms with E-state index in [9.17, 15) is 18.4 Å². The van der Waals surface area contributed by atoms with E-state index >= 15 is 0 Å². The number of carbonyl (C=O) groups is 2. The third-order valence-electron chi connectivity index (χ3n) is 6.54. The molecule has 1 aromatic heterocycles. The molecule has 0 unspecified atom stereocenters. The van der Waals surface area contributed by atoms with Gasteiger partial charge in [0.25, 0.3) is 11.8 Å². The Morgan fingerprint density at radius 1 is 1.26 bits per heavy atom. The molecule has 0 saturated carbocycles. The molecular formula is C24H36F2N6O3. The highest BCUT2D eigenvalue weighted by Crippen LogP contribution is 2.48. The van der Waals surface area contributed by atoms with Crippen LogP contribution in [0.15, 0.2) is 23.7 Å². The highest BCUT2D eigenvalue weighted by atomic mass is 19.3. The van der Waals surface area contributed by atoms with E-state index in [4.69, 9.17) is 15.9 Å². The predicted octanol–water partition coefficient (Wildman–Crippen LogP) is 4.16. The van der Waals surface area contributed by atoms with Crippen molar-refractivity contribution in [3.8, 4) is 0 Å². The molecule has 1 saturated heterocycles. The van der Waals surface area contributed by atoms with Crippen LogP contribution in [0.2, 0.25) is 0 Å². The fraction of sp³-hybridized carbons (Fsp3) is 0.667. The minimum atomic E-state index is -3.07. The maximum absolute atomic E-state index is 14.5. The Bertz CT molecular complexity index is 1020. The minimum absolute atomic E-state index is 0.0876. The summed E-state index contributed by atoms with van der Waals surface area (Å²) < 4.78 is 36.0. The Balaban J connectivity index is 1.53. The van der Waals surface area contributed by atoms with Gasteiger partial charge in [0.15, 0.2) is 0 Å². The van der Waals surface area contributed by atoms with E-state index in [1.807, 2.05) is 20.8 Å². The zero-order valence-corrected chi connectivity index (χ0v) is 21.1. The van der Waals surface area contributed by atoms with Crippen LogP contribution in [0.1, 0.15) is 60.3 Å². The molecule has 3 rings (SSSR count). The molecule has 0 bridgehead atoms. The standard InChI is InChI=1S/C24H36F2N6O3/c1-22(2,3)35-21(34)31-8-6-15(7-9-31)13-32-14-16(12-29-32)30-20(33)19(28)17-10-24(25,26)23(4,5)11-18(17)27/h12,14-15,28H,6-11,13,27H2,1-5H3,(H,30,33). The minimum Gasteiger partial charge on any atom is -0.444 e. The monoisotopic (exact) mass is 494 g/mol. The number of amides is 2. The fourth-order valence-corrected chi connectivity index (χ4v) is 4.28. The van der Waals surface area contributed by atoms with Gasteiger partial charge in [-0.05, 0) is 46.0 Å². The van der Waals surface area contributed by atoms with Gasteiger partial charge in [0.05, 0.1) is 11.9 Å². The van der Waals surface area contributed by atoms with Crippen LogP contribution in [-0.2, 0) is 16.1 Å². The molecule has 1 aliphatic heterocycles. The fourth-order valence-electron chi connectivity index (χ4n) is 4.28. The summed E-state index contributed by atoms with van der Waals surface area (Å²) in [6.07, 6.45) is 3.55. The molecular weight excluding hydrogens is 458 g/mol. The number of ether oxygens (including phenoxy) is 1. The highest BCUT2D eigenvalue weighted by molar-refractivity contribution is 6.47. The van der Waals surface area contributed by atoms with Gasteiger partial charge < -0.3 is 20.7 Å². The van der Waals surface area contributed by atoms with E-state index in [1.165, 1.54) is 20.0 Å². The van der Waals surface area contributed by atoms with Crippen molar-refractivity contribution in [1.82, 2.24) is 14.7 Å². The summed E-state index contributed by atoms with van der Waals surface area (Å²) in [6, 6.07) is 0. The molecule has 0 aromatic carbocycles. The van der Waals surface area contributed by atoms with Crippen molar-refractivity contribution in [2.75, 3.05) is 18.4 Å². The number of hydrogen-bond acceptors (Lipinski definition) is 6. The second-order valence-electron chi connectivity index (χ2n) is 11.1. The zero-order chi connectivity index (χ0) is 26.2. The Morgan fingerprint density at radius 2 is 1.89 bits per heavy atom. The van der Waals surface area contributed by atoms with E-state index in [0.29, 0.717) is 31.2 Å². The molecule has 1 aromatic rings. The Hall–Kier alpha value is -2.98. The van der Waals surface area contributed by atoms with Gasteiger partial charge in [0.2, 0.25) is 0 Å². The van der Waals surface area contributed by atoms with Crippen LogP contribution >= 0.6 is 0 Å². The first kappa shape index (κ1) is 26.6. The number of carbonyl (C=O) groups excluding carboxylic acids is 2. The van der Waals surface area contributed by atoms with Crippen molar-refractivity contribution < 1.29 is 23.1 Å². The number of piperidine rings is 1. The molecule has 1 fully saturated rings. The number of aromatic nitrogens is 2. The number of likely N-dealkylation sites (tertiary alicyclic amines) is 1.